The van der Waals surface area contributed by atoms with Crippen LogP contribution in [0.5, 0.6) is 11.5 Å². The molecule has 1 fully saturated rings. The molecular weight excluding hydrogens is 390 g/mol. The van der Waals surface area contributed by atoms with Crippen LogP contribution in [0.15, 0.2) is 30.3 Å². The maximum absolute atomic E-state index is 13.4. The molecule has 4 rings (SSSR count). The smallest absolute Gasteiger partial charge is 0.308 e. The molecule has 0 spiro atoms. The second-order valence-electron chi connectivity index (χ2n) is 6.96. The van der Waals surface area contributed by atoms with E-state index in [4.69, 9.17) is 14.2 Å². The Bertz CT molecular complexity index is 1080. The fourth-order valence-corrected chi connectivity index (χ4v) is 3.74. The van der Waals surface area contributed by atoms with Crippen LogP contribution in [-0.4, -0.2) is 49.8 Å². The highest BCUT2D eigenvalue weighted by molar-refractivity contribution is 6.31. The highest BCUT2D eigenvalue weighted by Gasteiger charge is 2.38. The summed E-state index contributed by atoms with van der Waals surface area (Å²) in [6.45, 7) is 4.27. The van der Waals surface area contributed by atoms with Gasteiger partial charge in [-0.1, -0.05) is 24.3 Å². The number of ketones is 2. The molecule has 0 amide bonds. The summed E-state index contributed by atoms with van der Waals surface area (Å²) in [4.78, 5) is 52.2. The van der Waals surface area contributed by atoms with E-state index in [1.807, 2.05) is 4.90 Å². The highest BCUT2D eigenvalue weighted by atomic mass is 16.5. The Kier molecular flexibility index (Phi) is 5.09. The monoisotopic (exact) mass is 409 g/mol. The zero-order valence-electron chi connectivity index (χ0n) is 16.5. The van der Waals surface area contributed by atoms with E-state index < -0.39 is 23.5 Å². The molecular formula is C22H19NO7. The van der Waals surface area contributed by atoms with E-state index in [1.165, 1.54) is 26.0 Å². The summed E-state index contributed by atoms with van der Waals surface area (Å²) in [6, 6.07) is 7.86. The minimum atomic E-state index is -0.635. The number of carbonyl (C=O) groups excluding carboxylic acids is 4. The van der Waals surface area contributed by atoms with Gasteiger partial charge in [-0.3, -0.25) is 19.2 Å². The number of carbonyl (C=O) groups is 4. The van der Waals surface area contributed by atoms with Gasteiger partial charge in [0.15, 0.2) is 17.3 Å². The number of ether oxygens (including phenoxy) is 3. The summed E-state index contributed by atoms with van der Waals surface area (Å²) in [5.74, 6) is -2.26. The van der Waals surface area contributed by atoms with Gasteiger partial charge in [-0.25, -0.2) is 0 Å². The second-order valence-corrected chi connectivity index (χ2v) is 6.96. The van der Waals surface area contributed by atoms with Crippen molar-refractivity contribution in [2.45, 2.75) is 13.8 Å². The summed E-state index contributed by atoms with van der Waals surface area (Å²) >= 11 is 0. The zero-order valence-corrected chi connectivity index (χ0v) is 16.5. The lowest BCUT2D eigenvalue weighted by Gasteiger charge is -2.32. The van der Waals surface area contributed by atoms with Crippen LogP contribution < -0.4 is 14.4 Å². The number of fused-ring (bicyclic) bond motifs is 2. The molecule has 1 aliphatic carbocycles. The normalized spacial score (nSPS) is 15.3. The van der Waals surface area contributed by atoms with Gasteiger partial charge in [0, 0.05) is 44.1 Å². The molecule has 0 saturated carbocycles. The lowest BCUT2D eigenvalue weighted by Crippen LogP contribution is -2.37. The SMILES string of the molecule is CC(=O)Oc1cc(N2CCOCC2)c(OC(C)=O)c2c1C(=O)c1ccccc1C2=O. The van der Waals surface area contributed by atoms with Crippen LogP contribution in [0.2, 0.25) is 0 Å². The van der Waals surface area contributed by atoms with Crippen LogP contribution in [0.25, 0.3) is 0 Å². The number of anilines is 1. The predicted molar refractivity (Wildman–Crippen MR) is 105 cm³/mol. The first-order valence-electron chi connectivity index (χ1n) is 9.47. The number of benzene rings is 2. The molecule has 0 unspecified atom stereocenters. The Balaban J connectivity index is 2.02. The number of rotatable bonds is 3. The minimum absolute atomic E-state index is 0.0110. The molecule has 8 heteroatoms. The molecule has 30 heavy (non-hydrogen) atoms. The maximum Gasteiger partial charge on any atom is 0.308 e. The average Bonchev–Trinajstić information content (AvgIpc) is 2.72. The molecule has 0 aromatic heterocycles. The van der Waals surface area contributed by atoms with Gasteiger partial charge >= 0.3 is 11.9 Å². The van der Waals surface area contributed by atoms with Crippen molar-refractivity contribution < 1.29 is 33.4 Å². The summed E-state index contributed by atoms with van der Waals surface area (Å²) in [5, 5.41) is 0. The molecule has 0 bridgehead atoms. The molecule has 2 aromatic rings. The Hall–Kier alpha value is -3.52. The molecule has 0 radical (unpaired) electrons. The first kappa shape index (κ1) is 19.8. The minimum Gasteiger partial charge on any atom is -0.426 e. The van der Waals surface area contributed by atoms with Crippen LogP contribution in [0.3, 0.4) is 0 Å². The van der Waals surface area contributed by atoms with Gasteiger partial charge in [0.25, 0.3) is 0 Å². The van der Waals surface area contributed by atoms with Gasteiger partial charge in [-0.2, -0.15) is 0 Å². The van der Waals surface area contributed by atoms with Gasteiger partial charge in [0.1, 0.15) is 5.75 Å². The van der Waals surface area contributed by atoms with Crippen molar-refractivity contribution in [1.29, 1.82) is 0 Å². The Morgan fingerprint density at radius 3 is 2.03 bits per heavy atom. The number of hydrogen-bond acceptors (Lipinski definition) is 8. The zero-order chi connectivity index (χ0) is 21.4. The number of hydrogen-bond donors (Lipinski definition) is 0. The van der Waals surface area contributed by atoms with E-state index in [0.717, 1.165) is 0 Å². The van der Waals surface area contributed by atoms with Crippen molar-refractivity contribution in [3.8, 4) is 11.5 Å². The molecule has 2 aromatic carbocycles. The quantitative estimate of drug-likeness (QED) is 0.479. The largest absolute Gasteiger partial charge is 0.426 e. The lowest BCUT2D eigenvalue weighted by molar-refractivity contribution is -0.133. The van der Waals surface area contributed by atoms with E-state index in [0.29, 0.717) is 32.0 Å². The fraction of sp³-hybridized carbons (Fsp3) is 0.273. The first-order valence-corrected chi connectivity index (χ1v) is 9.47. The van der Waals surface area contributed by atoms with Crippen LogP contribution in [0.4, 0.5) is 5.69 Å². The Morgan fingerprint density at radius 2 is 1.47 bits per heavy atom. The van der Waals surface area contributed by atoms with Crippen LogP contribution >= 0.6 is 0 Å². The summed E-state index contributed by atoms with van der Waals surface area (Å²) in [6.07, 6.45) is 0. The summed E-state index contributed by atoms with van der Waals surface area (Å²) in [7, 11) is 0. The van der Waals surface area contributed by atoms with Gasteiger partial charge in [0.2, 0.25) is 0 Å². The molecule has 0 atom stereocenters. The van der Waals surface area contributed by atoms with Crippen molar-refractivity contribution in [3.63, 3.8) is 0 Å². The van der Waals surface area contributed by atoms with Crippen LogP contribution in [-0.2, 0) is 14.3 Å². The highest BCUT2D eigenvalue weighted by Crippen LogP contribution is 2.45. The molecule has 0 N–H and O–H groups in total. The molecule has 1 aliphatic heterocycles. The van der Waals surface area contributed by atoms with E-state index in [2.05, 4.69) is 0 Å². The molecule has 1 saturated heterocycles. The average molecular weight is 409 g/mol. The maximum atomic E-state index is 13.4. The molecule has 8 nitrogen and oxygen atoms in total. The number of morpholine rings is 1. The van der Waals surface area contributed by atoms with E-state index >= 15 is 0 Å². The molecule has 1 heterocycles. The van der Waals surface area contributed by atoms with Crippen molar-refractivity contribution >= 4 is 29.2 Å². The molecule has 154 valence electrons. The fourth-order valence-electron chi connectivity index (χ4n) is 3.74. The first-order chi connectivity index (χ1) is 14.4. The van der Waals surface area contributed by atoms with Gasteiger partial charge in [-0.15, -0.1) is 0 Å². The molecule has 2 aliphatic rings. The number of nitrogens with zero attached hydrogens (tertiary/aromatic N) is 1. The van der Waals surface area contributed by atoms with Gasteiger partial charge in [0.05, 0.1) is 30.0 Å². The third-order valence-corrected chi connectivity index (χ3v) is 4.95. The second kappa shape index (κ2) is 7.72. The van der Waals surface area contributed by atoms with Crippen molar-refractivity contribution in [2.24, 2.45) is 0 Å². The Labute approximate surface area is 172 Å². The van der Waals surface area contributed by atoms with E-state index in [1.54, 1.807) is 18.2 Å². The standard InChI is InChI=1S/C22H19NO7/c1-12(24)29-17-11-16(23-7-9-28-10-8-23)22(30-13(2)25)19-18(17)20(26)14-5-3-4-6-15(14)21(19)27/h3-6,11H,7-10H2,1-2H3. The predicted octanol–water partition coefficient (Wildman–Crippen LogP) is 2.15. The third kappa shape index (κ3) is 3.35. The van der Waals surface area contributed by atoms with Gasteiger partial charge in [-0.05, 0) is 0 Å². The van der Waals surface area contributed by atoms with Crippen LogP contribution in [0.1, 0.15) is 45.7 Å². The lowest BCUT2D eigenvalue weighted by atomic mass is 9.82. The Morgan fingerprint density at radius 1 is 0.900 bits per heavy atom. The summed E-state index contributed by atoms with van der Waals surface area (Å²) < 4.78 is 16.2. The van der Waals surface area contributed by atoms with Crippen molar-refractivity contribution in [2.75, 3.05) is 31.2 Å². The topological polar surface area (TPSA) is 99.2 Å². The van der Waals surface area contributed by atoms with E-state index in [9.17, 15) is 19.2 Å². The van der Waals surface area contributed by atoms with Crippen molar-refractivity contribution in [3.05, 3.63) is 52.6 Å². The van der Waals surface area contributed by atoms with E-state index in [-0.39, 0.29) is 33.8 Å². The van der Waals surface area contributed by atoms with Crippen molar-refractivity contribution in [1.82, 2.24) is 0 Å². The van der Waals surface area contributed by atoms with Crippen LogP contribution in [0, 0.1) is 0 Å². The summed E-state index contributed by atoms with van der Waals surface area (Å²) in [5.41, 5.74) is 0.646. The van der Waals surface area contributed by atoms with Gasteiger partial charge < -0.3 is 19.1 Å². The number of esters is 2. The third-order valence-electron chi connectivity index (χ3n) is 4.95.